The van der Waals surface area contributed by atoms with Crippen LogP contribution in [0.1, 0.15) is 18.9 Å². The van der Waals surface area contributed by atoms with Crippen LogP contribution in [0.3, 0.4) is 0 Å². The molecule has 0 saturated heterocycles. The van der Waals surface area contributed by atoms with E-state index >= 15 is 0 Å². The van der Waals surface area contributed by atoms with Gasteiger partial charge in [0.05, 0.1) is 19.3 Å². The number of benzene rings is 1. The fourth-order valence-corrected chi connectivity index (χ4v) is 1.72. The van der Waals surface area contributed by atoms with Crippen LogP contribution in [0.25, 0.3) is 0 Å². The van der Waals surface area contributed by atoms with Gasteiger partial charge in [0.2, 0.25) is 0 Å². The second kappa shape index (κ2) is 4.61. The third-order valence-corrected chi connectivity index (χ3v) is 2.46. The van der Waals surface area contributed by atoms with Crippen LogP contribution >= 0.6 is 0 Å². The number of aliphatic hydroxyl groups is 1. The van der Waals surface area contributed by atoms with E-state index in [0.29, 0.717) is 36.7 Å². The summed E-state index contributed by atoms with van der Waals surface area (Å²) >= 11 is 0. The summed E-state index contributed by atoms with van der Waals surface area (Å²) < 4.78 is 10.9. The van der Waals surface area contributed by atoms with Crippen LogP contribution < -0.4 is 9.47 Å². The van der Waals surface area contributed by atoms with Crippen molar-refractivity contribution in [2.24, 2.45) is 0 Å². The average Bonchev–Trinajstić information content (AvgIpc) is 2.42. The molecule has 2 N–H and O–H groups in total. The first-order chi connectivity index (χ1) is 7.66. The SMILES string of the molecule is CC(O)Cc1cc2c(cc1O)OCCCO2. The number of hydrogen-bond donors (Lipinski definition) is 2. The molecule has 88 valence electrons. The molecule has 0 spiro atoms. The predicted molar refractivity (Wildman–Crippen MR) is 59.1 cm³/mol. The molecule has 0 aromatic heterocycles. The predicted octanol–water partition coefficient (Wildman–Crippen LogP) is 1.48. The van der Waals surface area contributed by atoms with Crippen molar-refractivity contribution in [3.63, 3.8) is 0 Å². The van der Waals surface area contributed by atoms with E-state index in [9.17, 15) is 10.2 Å². The fourth-order valence-electron chi connectivity index (χ4n) is 1.72. The third kappa shape index (κ3) is 2.39. The number of hydrogen-bond acceptors (Lipinski definition) is 4. The van der Waals surface area contributed by atoms with Crippen molar-refractivity contribution in [2.75, 3.05) is 13.2 Å². The van der Waals surface area contributed by atoms with Crippen molar-refractivity contribution >= 4 is 0 Å². The zero-order valence-corrected chi connectivity index (χ0v) is 9.27. The number of rotatable bonds is 2. The Labute approximate surface area is 94.4 Å². The molecule has 4 nitrogen and oxygen atoms in total. The van der Waals surface area contributed by atoms with E-state index in [1.54, 1.807) is 19.1 Å². The maximum Gasteiger partial charge on any atom is 0.164 e. The van der Waals surface area contributed by atoms with E-state index in [0.717, 1.165) is 6.42 Å². The standard InChI is InChI=1S/C12H16O4/c1-8(13)5-9-6-11-12(7-10(9)14)16-4-2-3-15-11/h6-8,13-14H,2-5H2,1H3. The summed E-state index contributed by atoms with van der Waals surface area (Å²) in [7, 11) is 0. The van der Waals surface area contributed by atoms with Gasteiger partial charge in [0.1, 0.15) is 5.75 Å². The first-order valence-corrected chi connectivity index (χ1v) is 5.46. The Kier molecular flexibility index (Phi) is 3.19. The summed E-state index contributed by atoms with van der Waals surface area (Å²) in [6.07, 6.45) is 0.750. The van der Waals surface area contributed by atoms with Gasteiger partial charge in [-0.1, -0.05) is 0 Å². The van der Waals surface area contributed by atoms with Gasteiger partial charge in [0, 0.05) is 24.5 Å². The molecule has 0 aliphatic carbocycles. The van der Waals surface area contributed by atoms with Gasteiger partial charge >= 0.3 is 0 Å². The normalized spacial score (nSPS) is 16.6. The number of phenolic OH excluding ortho intramolecular Hbond substituents is 1. The van der Waals surface area contributed by atoms with Crippen molar-refractivity contribution in [3.05, 3.63) is 17.7 Å². The Morgan fingerprint density at radius 1 is 1.25 bits per heavy atom. The molecule has 0 radical (unpaired) electrons. The van der Waals surface area contributed by atoms with Crippen LogP contribution in [0.5, 0.6) is 17.2 Å². The lowest BCUT2D eigenvalue weighted by Crippen LogP contribution is -2.05. The Morgan fingerprint density at radius 2 is 1.88 bits per heavy atom. The van der Waals surface area contributed by atoms with Crippen LogP contribution in [-0.2, 0) is 6.42 Å². The largest absolute Gasteiger partial charge is 0.508 e. The molecule has 0 bridgehead atoms. The number of aromatic hydroxyl groups is 1. The van der Waals surface area contributed by atoms with Crippen molar-refractivity contribution in [3.8, 4) is 17.2 Å². The van der Waals surface area contributed by atoms with E-state index in [1.807, 2.05) is 0 Å². The summed E-state index contributed by atoms with van der Waals surface area (Å²) in [5.74, 6) is 1.36. The molecule has 2 rings (SSSR count). The van der Waals surface area contributed by atoms with Crippen molar-refractivity contribution in [1.82, 2.24) is 0 Å². The highest BCUT2D eigenvalue weighted by atomic mass is 16.5. The van der Waals surface area contributed by atoms with Crippen molar-refractivity contribution in [2.45, 2.75) is 25.9 Å². The highest BCUT2D eigenvalue weighted by Crippen LogP contribution is 2.36. The Morgan fingerprint density at radius 3 is 2.50 bits per heavy atom. The van der Waals surface area contributed by atoms with Gasteiger partial charge in [-0.25, -0.2) is 0 Å². The van der Waals surface area contributed by atoms with Crippen molar-refractivity contribution < 1.29 is 19.7 Å². The minimum atomic E-state index is -0.490. The molecule has 0 amide bonds. The molecule has 1 heterocycles. The topological polar surface area (TPSA) is 58.9 Å². The molecular weight excluding hydrogens is 208 g/mol. The summed E-state index contributed by atoms with van der Waals surface area (Å²) in [5.41, 5.74) is 0.680. The number of ether oxygens (including phenoxy) is 2. The molecule has 0 saturated carbocycles. The molecule has 16 heavy (non-hydrogen) atoms. The molecule has 1 aromatic carbocycles. The summed E-state index contributed by atoms with van der Waals surface area (Å²) in [4.78, 5) is 0. The fraction of sp³-hybridized carbons (Fsp3) is 0.500. The number of phenols is 1. The molecule has 1 aliphatic rings. The van der Waals surface area contributed by atoms with E-state index in [-0.39, 0.29) is 5.75 Å². The lowest BCUT2D eigenvalue weighted by Gasteiger charge is -2.12. The summed E-state index contributed by atoms with van der Waals surface area (Å²) in [6, 6.07) is 3.29. The van der Waals surface area contributed by atoms with Gasteiger partial charge in [0.15, 0.2) is 11.5 Å². The second-order valence-electron chi connectivity index (χ2n) is 4.03. The zero-order valence-electron chi connectivity index (χ0n) is 9.27. The van der Waals surface area contributed by atoms with E-state index in [4.69, 9.17) is 9.47 Å². The number of aliphatic hydroxyl groups excluding tert-OH is 1. The minimum absolute atomic E-state index is 0.144. The highest BCUT2D eigenvalue weighted by molar-refractivity contribution is 5.50. The minimum Gasteiger partial charge on any atom is -0.508 e. The van der Waals surface area contributed by atoms with Crippen LogP contribution in [0.15, 0.2) is 12.1 Å². The van der Waals surface area contributed by atoms with E-state index in [2.05, 4.69) is 0 Å². The van der Waals surface area contributed by atoms with Crippen LogP contribution in [-0.4, -0.2) is 29.5 Å². The van der Waals surface area contributed by atoms with Gasteiger partial charge in [-0.3, -0.25) is 0 Å². The Hall–Kier alpha value is -1.42. The molecule has 0 fully saturated rings. The van der Waals surface area contributed by atoms with Gasteiger partial charge < -0.3 is 19.7 Å². The Bertz CT molecular complexity index is 374. The van der Waals surface area contributed by atoms with Crippen LogP contribution in [0.4, 0.5) is 0 Å². The van der Waals surface area contributed by atoms with E-state index in [1.165, 1.54) is 0 Å². The third-order valence-electron chi connectivity index (χ3n) is 2.46. The highest BCUT2D eigenvalue weighted by Gasteiger charge is 2.15. The maximum absolute atomic E-state index is 9.76. The van der Waals surface area contributed by atoms with E-state index < -0.39 is 6.10 Å². The van der Waals surface area contributed by atoms with Crippen molar-refractivity contribution in [1.29, 1.82) is 0 Å². The molecule has 4 heteroatoms. The molecule has 1 aromatic rings. The first-order valence-electron chi connectivity index (χ1n) is 5.46. The van der Waals surface area contributed by atoms with Gasteiger partial charge in [-0.15, -0.1) is 0 Å². The van der Waals surface area contributed by atoms with Crippen LogP contribution in [0, 0.1) is 0 Å². The average molecular weight is 224 g/mol. The summed E-state index contributed by atoms with van der Waals surface area (Å²) in [6.45, 7) is 2.90. The Balaban J connectivity index is 2.31. The number of fused-ring (bicyclic) bond motifs is 1. The van der Waals surface area contributed by atoms with Gasteiger partial charge in [-0.05, 0) is 13.0 Å². The maximum atomic E-state index is 9.76. The molecule has 1 unspecified atom stereocenters. The smallest absolute Gasteiger partial charge is 0.164 e. The monoisotopic (exact) mass is 224 g/mol. The van der Waals surface area contributed by atoms with Gasteiger partial charge in [-0.2, -0.15) is 0 Å². The lowest BCUT2D eigenvalue weighted by molar-refractivity contribution is 0.194. The van der Waals surface area contributed by atoms with Gasteiger partial charge in [0.25, 0.3) is 0 Å². The first kappa shape index (κ1) is 11.1. The summed E-state index contributed by atoms with van der Waals surface area (Å²) in [5, 5.41) is 19.1. The molecule has 1 aliphatic heterocycles. The quantitative estimate of drug-likeness (QED) is 0.798. The lowest BCUT2D eigenvalue weighted by atomic mass is 10.1. The molecule has 1 atom stereocenters. The van der Waals surface area contributed by atoms with Crippen LogP contribution in [0.2, 0.25) is 0 Å². The zero-order chi connectivity index (χ0) is 11.5. The second-order valence-corrected chi connectivity index (χ2v) is 4.03. The molecular formula is C12H16O4.